The molecule has 3 heterocycles. The van der Waals surface area contributed by atoms with Gasteiger partial charge in [-0.25, -0.2) is 9.97 Å². The van der Waals surface area contributed by atoms with Gasteiger partial charge < -0.3 is 14.6 Å². The van der Waals surface area contributed by atoms with E-state index >= 15 is 0 Å². The van der Waals surface area contributed by atoms with Crippen LogP contribution < -0.4 is 10.2 Å². The molecule has 2 aromatic heterocycles. The monoisotopic (exact) mass is 350 g/mol. The third-order valence-electron chi connectivity index (χ3n) is 3.49. The molecule has 0 saturated carbocycles. The number of anilines is 1. The Morgan fingerprint density at radius 3 is 2.67 bits per heavy atom. The minimum atomic E-state index is -0.0983. The molecule has 0 radical (unpaired) electrons. The fraction of sp³-hybridized carbons (Fsp3) is 0.357. The van der Waals surface area contributed by atoms with E-state index in [1.165, 1.54) is 6.26 Å². The molecule has 1 aliphatic heterocycles. The van der Waals surface area contributed by atoms with Gasteiger partial charge in [-0.1, -0.05) is 0 Å². The van der Waals surface area contributed by atoms with Crippen molar-refractivity contribution in [2.45, 2.75) is 18.9 Å². The van der Waals surface area contributed by atoms with Crippen molar-refractivity contribution in [3.63, 3.8) is 0 Å². The van der Waals surface area contributed by atoms with Crippen LogP contribution in [-0.2, 0) is 0 Å². The summed E-state index contributed by atoms with van der Waals surface area (Å²) in [5.74, 6) is 0.653. The number of carbonyl (C=O) groups excluding carboxylic acids is 1. The van der Waals surface area contributed by atoms with Gasteiger partial charge in [0.05, 0.1) is 5.56 Å². The highest BCUT2D eigenvalue weighted by Crippen LogP contribution is 2.17. The van der Waals surface area contributed by atoms with E-state index in [9.17, 15) is 4.79 Å². The summed E-state index contributed by atoms with van der Waals surface area (Å²) in [6, 6.07) is 3.65. The van der Waals surface area contributed by atoms with Crippen LogP contribution in [0.2, 0.25) is 0 Å². The number of hydrogen-bond donors (Lipinski definition) is 1. The van der Waals surface area contributed by atoms with Crippen LogP contribution in [0.3, 0.4) is 0 Å². The van der Waals surface area contributed by atoms with Crippen LogP contribution >= 0.6 is 15.9 Å². The summed E-state index contributed by atoms with van der Waals surface area (Å²) in [5.41, 5.74) is 0.538. The predicted octanol–water partition coefficient (Wildman–Crippen LogP) is 2.23. The first-order valence-electron chi connectivity index (χ1n) is 6.79. The second-order valence-corrected chi connectivity index (χ2v) is 5.70. The average molecular weight is 351 g/mol. The number of halogens is 1. The number of nitrogens with zero attached hydrogens (tertiary/aromatic N) is 3. The summed E-state index contributed by atoms with van der Waals surface area (Å²) in [5, 5.41) is 3.03. The van der Waals surface area contributed by atoms with Gasteiger partial charge in [-0.3, -0.25) is 4.79 Å². The van der Waals surface area contributed by atoms with Gasteiger partial charge in [0.15, 0.2) is 4.67 Å². The Morgan fingerprint density at radius 2 is 2.05 bits per heavy atom. The van der Waals surface area contributed by atoms with Crippen LogP contribution in [0.4, 0.5) is 5.95 Å². The highest BCUT2D eigenvalue weighted by atomic mass is 79.9. The number of nitrogens with one attached hydrogen (secondary N) is 1. The van der Waals surface area contributed by atoms with Gasteiger partial charge in [0.25, 0.3) is 5.91 Å². The average Bonchev–Trinajstić information content (AvgIpc) is 2.96. The molecule has 7 heteroatoms. The fourth-order valence-electron chi connectivity index (χ4n) is 2.38. The summed E-state index contributed by atoms with van der Waals surface area (Å²) < 4.78 is 5.64. The van der Waals surface area contributed by atoms with Crippen molar-refractivity contribution in [2.75, 3.05) is 18.0 Å². The Morgan fingerprint density at radius 1 is 1.33 bits per heavy atom. The van der Waals surface area contributed by atoms with E-state index in [1.54, 1.807) is 24.5 Å². The zero-order chi connectivity index (χ0) is 14.7. The van der Waals surface area contributed by atoms with Gasteiger partial charge in [-0.15, -0.1) is 0 Å². The van der Waals surface area contributed by atoms with Gasteiger partial charge >= 0.3 is 0 Å². The smallest absolute Gasteiger partial charge is 0.254 e. The van der Waals surface area contributed by atoms with Gasteiger partial charge in [-0.2, -0.15) is 0 Å². The Hall–Kier alpha value is -1.89. The fourth-order valence-corrected chi connectivity index (χ4v) is 2.72. The molecule has 0 aliphatic carbocycles. The maximum atomic E-state index is 12.0. The quantitative estimate of drug-likeness (QED) is 0.918. The molecule has 110 valence electrons. The molecule has 0 unspecified atom stereocenters. The molecule has 1 saturated heterocycles. The molecule has 6 nitrogen and oxygen atoms in total. The molecule has 0 bridgehead atoms. The van der Waals surface area contributed by atoms with Crippen LogP contribution in [0.25, 0.3) is 0 Å². The zero-order valence-electron chi connectivity index (χ0n) is 11.3. The molecule has 1 fully saturated rings. The third kappa shape index (κ3) is 3.41. The second-order valence-electron chi connectivity index (χ2n) is 4.92. The Labute approximate surface area is 130 Å². The van der Waals surface area contributed by atoms with Crippen molar-refractivity contribution in [3.05, 3.63) is 41.0 Å². The summed E-state index contributed by atoms with van der Waals surface area (Å²) in [7, 11) is 0. The first kappa shape index (κ1) is 14.1. The second kappa shape index (κ2) is 6.26. The molecule has 21 heavy (non-hydrogen) atoms. The SMILES string of the molecule is O=C(NC1CCN(c2ncccn2)CC1)c1coc(Br)c1. The molecular formula is C14H15BrN4O2. The minimum Gasteiger partial charge on any atom is -0.457 e. The van der Waals surface area contributed by atoms with Crippen LogP contribution in [0.5, 0.6) is 0 Å². The predicted molar refractivity (Wildman–Crippen MR) is 81.1 cm³/mol. The lowest BCUT2D eigenvalue weighted by atomic mass is 10.0. The molecule has 1 amide bonds. The van der Waals surface area contributed by atoms with E-state index in [-0.39, 0.29) is 11.9 Å². The molecule has 2 aromatic rings. The lowest BCUT2D eigenvalue weighted by Crippen LogP contribution is -2.45. The van der Waals surface area contributed by atoms with Gasteiger partial charge in [0, 0.05) is 37.6 Å². The number of hydrogen-bond acceptors (Lipinski definition) is 5. The van der Waals surface area contributed by atoms with Crippen molar-refractivity contribution >= 4 is 27.8 Å². The van der Waals surface area contributed by atoms with Crippen molar-refractivity contribution in [1.29, 1.82) is 0 Å². The molecule has 0 atom stereocenters. The van der Waals surface area contributed by atoms with Crippen molar-refractivity contribution in [3.8, 4) is 0 Å². The zero-order valence-corrected chi connectivity index (χ0v) is 12.9. The number of carbonyl (C=O) groups is 1. The molecule has 0 spiro atoms. The van der Waals surface area contributed by atoms with E-state index in [4.69, 9.17) is 4.42 Å². The van der Waals surface area contributed by atoms with Crippen molar-refractivity contribution in [2.24, 2.45) is 0 Å². The number of aromatic nitrogens is 2. The van der Waals surface area contributed by atoms with Crippen molar-refractivity contribution < 1.29 is 9.21 Å². The lowest BCUT2D eigenvalue weighted by molar-refractivity contribution is 0.0930. The molecule has 1 aliphatic rings. The molecule has 1 N–H and O–H groups in total. The summed E-state index contributed by atoms with van der Waals surface area (Å²) >= 11 is 3.19. The summed E-state index contributed by atoms with van der Waals surface area (Å²) in [4.78, 5) is 22.7. The Balaban J connectivity index is 1.53. The number of piperidine rings is 1. The third-order valence-corrected chi connectivity index (χ3v) is 3.91. The highest BCUT2D eigenvalue weighted by Gasteiger charge is 2.22. The van der Waals surface area contributed by atoms with E-state index in [1.807, 2.05) is 0 Å². The van der Waals surface area contributed by atoms with Crippen LogP contribution in [0.15, 0.2) is 39.9 Å². The van der Waals surface area contributed by atoms with E-state index in [2.05, 4.69) is 36.1 Å². The van der Waals surface area contributed by atoms with Crippen LogP contribution in [0, 0.1) is 0 Å². The number of rotatable bonds is 3. The maximum Gasteiger partial charge on any atom is 0.254 e. The lowest BCUT2D eigenvalue weighted by Gasteiger charge is -2.32. The summed E-state index contributed by atoms with van der Waals surface area (Å²) in [6.07, 6.45) is 6.69. The number of amides is 1. The maximum absolute atomic E-state index is 12.0. The van der Waals surface area contributed by atoms with E-state index < -0.39 is 0 Å². The largest absolute Gasteiger partial charge is 0.457 e. The first-order valence-corrected chi connectivity index (χ1v) is 7.58. The first-order chi connectivity index (χ1) is 10.2. The van der Waals surface area contributed by atoms with Gasteiger partial charge in [-0.05, 0) is 34.8 Å². The van der Waals surface area contributed by atoms with Crippen LogP contribution in [0.1, 0.15) is 23.2 Å². The Bertz CT molecular complexity index is 608. The summed E-state index contributed by atoms with van der Waals surface area (Å²) in [6.45, 7) is 1.67. The van der Waals surface area contributed by atoms with Gasteiger partial charge in [0.2, 0.25) is 5.95 Å². The normalized spacial score (nSPS) is 16.0. The topological polar surface area (TPSA) is 71.3 Å². The number of furan rings is 1. The van der Waals surface area contributed by atoms with Crippen LogP contribution in [-0.4, -0.2) is 35.0 Å². The molecule has 0 aromatic carbocycles. The molecular weight excluding hydrogens is 336 g/mol. The standard InChI is InChI=1S/C14H15BrN4O2/c15-12-8-10(9-21-12)13(20)18-11-2-6-19(7-3-11)14-16-4-1-5-17-14/h1,4-5,8-9,11H,2-3,6-7H2,(H,18,20). The minimum absolute atomic E-state index is 0.0983. The van der Waals surface area contributed by atoms with Gasteiger partial charge in [0.1, 0.15) is 6.26 Å². The highest BCUT2D eigenvalue weighted by molar-refractivity contribution is 9.10. The van der Waals surface area contributed by atoms with E-state index in [0.717, 1.165) is 31.9 Å². The molecule has 3 rings (SSSR count). The Kier molecular flexibility index (Phi) is 4.19. The van der Waals surface area contributed by atoms with Crippen molar-refractivity contribution in [1.82, 2.24) is 15.3 Å². The van der Waals surface area contributed by atoms with E-state index in [0.29, 0.717) is 10.2 Å².